The monoisotopic (exact) mass is 313 g/mol. The molecule has 1 heterocycles. The minimum absolute atomic E-state index is 0.217. The summed E-state index contributed by atoms with van der Waals surface area (Å²) < 4.78 is 1.59. The molecule has 0 radical (unpaired) electrons. The van der Waals surface area contributed by atoms with Crippen molar-refractivity contribution in [1.82, 2.24) is 14.8 Å². The van der Waals surface area contributed by atoms with Crippen molar-refractivity contribution in [1.29, 1.82) is 0 Å². The third kappa shape index (κ3) is 3.26. The first-order valence-corrected chi connectivity index (χ1v) is 7.53. The smallest absolute Gasteiger partial charge is 0.343 e. The first-order valence-electron chi connectivity index (χ1n) is 6.33. The van der Waals surface area contributed by atoms with E-state index in [1.54, 1.807) is 17.6 Å². The molecule has 20 heavy (non-hydrogen) atoms. The van der Waals surface area contributed by atoms with Gasteiger partial charge in [0.1, 0.15) is 0 Å². The Balaban J connectivity index is 2.28. The third-order valence-corrected chi connectivity index (χ3v) is 4.30. The Labute approximate surface area is 126 Å². The highest BCUT2D eigenvalue weighted by Gasteiger charge is 2.12. The molecule has 0 aliphatic rings. The molecule has 7 heteroatoms. The van der Waals surface area contributed by atoms with Gasteiger partial charge in [0.25, 0.3) is 0 Å². The fraction of sp³-hybridized carbons (Fsp3) is 0.385. The van der Waals surface area contributed by atoms with Crippen LogP contribution < -0.4 is 5.69 Å². The average Bonchev–Trinajstić information content (AvgIpc) is 2.74. The van der Waals surface area contributed by atoms with Crippen molar-refractivity contribution in [3.63, 3.8) is 0 Å². The third-order valence-electron chi connectivity index (χ3n) is 2.81. The van der Waals surface area contributed by atoms with Crippen molar-refractivity contribution in [2.45, 2.75) is 43.0 Å². The van der Waals surface area contributed by atoms with Gasteiger partial charge in [0.2, 0.25) is 0 Å². The summed E-state index contributed by atoms with van der Waals surface area (Å²) in [5, 5.41) is 17.1. The number of rotatable bonds is 5. The number of aromatic nitrogens is 3. The minimum Gasteiger partial charge on any atom is -0.389 e. The molecule has 5 nitrogen and oxygen atoms in total. The summed E-state index contributed by atoms with van der Waals surface area (Å²) in [6, 6.07) is 5.36. The van der Waals surface area contributed by atoms with Crippen molar-refractivity contribution in [2.75, 3.05) is 0 Å². The Morgan fingerprint density at radius 3 is 2.90 bits per heavy atom. The normalized spacial score (nSPS) is 12.6. The highest BCUT2D eigenvalue weighted by molar-refractivity contribution is 7.99. The van der Waals surface area contributed by atoms with E-state index < -0.39 is 6.10 Å². The van der Waals surface area contributed by atoms with Crippen LogP contribution in [0.25, 0.3) is 0 Å². The van der Waals surface area contributed by atoms with E-state index in [1.165, 1.54) is 11.8 Å². The van der Waals surface area contributed by atoms with Crippen LogP contribution in [0.1, 0.15) is 31.9 Å². The van der Waals surface area contributed by atoms with Crippen LogP contribution in [0.5, 0.6) is 0 Å². The molecule has 1 unspecified atom stereocenters. The van der Waals surface area contributed by atoms with Crippen LogP contribution >= 0.6 is 23.4 Å². The first-order chi connectivity index (χ1) is 9.52. The van der Waals surface area contributed by atoms with Gasteiger partial charge in [-0.3, -0.25) is 4.57 Å². The number of H-pyrrole nitrogens is 1. The predicted octanol–water partition coefficient (Wildman–Crippen LogP) is 2.84. The summed E-state index contributed by atoms with van der Waals surface area (Å²) in [4.78, 5) is 12.4. The maximum absolute atomic E-state index is 11.6. The molecule has 108 valence electrons. The van der Waals surface area contributed by atoms with Gasteiger partial charge in [-0.05, 0) is 42.8 Å². The van der Waals surface area contributed by atoms with Crippen molar-refractivity contribution in [2.24, 2.45) is 0 Å². The van der Waals surface area contributed by atoms with E-state index in [1.807, 2.05) is 19.1 Å². The second-order valence-electron chi connectivity index (χ2n) is 4.43. The van der Waals surface area contributed by atoms with E-state index in [0.29, 0.717) is 16.7 Å². The van der Waals surface area contributed by atoms with Crippen LogP contribution in [-0.4, -0.2) is 19.9 Å². The zero-order chi connectivity index (χ0) is 14.7. The molecule has 1 aromatic heterocycles. The van der Waals surface area contributed by atoms with Crippen LogP contribution in [0.3, 0.4) is 0 Å². The van der Waals surface area contributed by atoms with E-state index in [4.69, 9.17) is 11.6 Å². The van der Waals surface area contributed by atoms with E-state index in [9.17, 15) is 9.90 Å². The van der Waals surface area contributed by atoms with Gasteiger partial charge in [-0.15, -0.1) is 5.10 Å². The summed E-state index contributed by atoms with van der Waals surface area (Å²) in [7, 11) is 0. The highest BCUT2D eigenvalue weighted by atomic mass is 35.5. The van der Waals surface area contributed by atoms with Gasteiger partial charge < -0.3 is 5.11 Å². The van der Waals surface area contributed by atoms with Gasteiger partial charge in [0, 0.05) is 11.4 Å². The average molecular weight is 314 g/mol. The Kier molecular flexibility index (Phi) is 4.91. The lowest BCUT2D eigenvalue weighted by atomic mass is 10.1. The summed E-state index contributed by atoms with van der Waals surface area (Å²) in [6.07, 6.45) is 0.289. The number of nitrogens with one attached hydrogen (secondary N) is 1. The Bertz CT molecular complexity index is 651. The van der Waals surface area contributed by atoms with E-state index in [0.717, 1.165) is 16.9 Å². The SMILES string of the molecule is CCCn1c(Sc2ccc(C(C)O)cc2Cl)n[nH]c1=O. The van der Waals surface area contributed by atoms with E-state index >= 15 is 0 Å². The molecule has 0 saturated carbocycles. The second kappa shape index (κ2) is 6.47. The van der Waals surface area contributed by atoms with Gasteiger partial charge in [-0.2, -0.15) is 0 Å². The minimum atomic E-state index is -0.560. The van der Waals surface area contributed by atoms with Crippen LogP contribution in [0.15, 0.2) is 33.0 Å². The lowest BCUT2D eigenvalue weighted by molar-refractivity contribution is 0.199. The lowest BCUT2D eigenvalue weighted by Crippen LogP contribution is -2.17. The number of halogens is 1. The number of aliphatic hydroxyl groups is 1. The van der Waals surface area contributed by atoms with Crippen molar-refractivity contribution in [3.05, 3.63) is 39.3 Å². The molecule has 2 N–H and O–H groups in total. The number of hydrogen-bond acceptors (Lipinski definition) is 4. The van der Waals surface area contributed by atoms with E-state index in [2.05, 4.69) is 10.2 Å². The van der Waals surface area contributed by atoms with Gasteiger partial charge >= 0.3 is 5.69 Å². The molecule has 2 rings (SSSR count). The molecule has 1 aromatic carbocycles. The molecule has 1 atom stereocenters. The molecular weight excluding hydrogens is 298 g/mol. The van der Waals surface area contributed by atoms with Gasteiger partial charge in [0.05, 0.1) is 11.1 Å². The van der Waals surface area contributed by atoms with Crippen molar-refractivity contribution >= 4 is 23.4 Å². The quantitative estimate of drug-likeness (QED) is 0.890. The van der Waals surface area contributed by atoms with Crippen LogP contribution in [0, 0.1) is 0 Å². The topological polar surface area (TPSA) is 70.9 Å². The largest absolute Gasteiger partial charge is 0.389 e. The lowest BCUT2D eigenvalue weighted by Gasteiger charge is -2.09. The molecule has 0 spiro atoms. The molecular formula is C13H16ClN3O2S. The summed E-state index contributed by atoms with van der Waals surface area (Å²) in [5.74, 6) is 0. The van der Waals surface area contributed by atoms with Crippen molar-refractivity contribution < 1.29 is 5.11 Å². The number of benzene rings is 1. The number of hydrogen-bond donors (Lipinski definition) is 2. The molecule has 0 aliphatic carbocycles. The Hall–Kier alpha value is -1.24. The number of aliphatic hydroxyl groups excluding tert-OH is 1. The molecule has 0 bridgehead atoms. The molecule has 0 fully saturated rings. The van der Waals surface area contributed by atoms with Gasteiger partial charge in [-0.1, -0.05) is 24.6 Å². The number of nitrogens with zero attached hydrogens (tertiary/aromatic N) is 2. The molecule has 0 amide bonds. The van der Waals surface area contributed by atoms with Crippen LogP contribution in [0.2, 0.25) is 5.02 Å². The fourth-order valence-electron chi connectivity index (χ4n) is 1.76. The maximum atomic E-state index is 11.6. The fourth-order valence-corrected chi connectivity index (χ4v) is 2.93. The zero-order valence-electron chi connectivity index (χ0n) is 11.3. The van der Waals surface area contributed by atoms with Gasteiger partial charge in [0.15, 0.2) is 5.16 Å². The summed E-state index contributed by atoms with van der Waals surface area (Å²) >= 11 is 7.53. The number of aromatic amines is 1. The molecule has 0 saturated heterocycles. The standard InChI is InChI=1S/C13H16ClN3O2S/c1-3-6-17-12(19)15-16-13(17)20-11-5-4-9(8(2)18)7-10(11)14/h4-5,7-8,18H,3,6H2,1-2H3,(H,15,19). The Morgan fingerprint density at radius 2 is 2.30 bits per heavy atom. The zero-order valence-corrected chi connectivity index (χ0v) is 12.8. The summed E-state index contributed by atoms with van der Waals surface area (Å²) in [6.45, 7) is 4.30. The van der Waals surface area contributed by atoms with Crippen LogP contribution in [0.4, 0.5) is 0 Å². The summed E-state index contributed by atoms with van der Waals surface area (Å²) in [5.41, 5.74) is 0.540. The molecule has 0 aliphatic heterocycles. The Morgan fingerprint density at radius 1 is 1.55 bits per heavy atom. The highest BCUT2D eigenvalue weighted by Crippen LogP contribution is 2.33. The maximum Gasteiger partial charge on any atom is 0.343 e. The van der Waals surface area contributed by atoms with Gasteiger partial charge in [-0.25, -0.2) is 9.89 Å². The van der Waals surface area contributed by atoms with E-state index in [-0.39, 0.29) is 5.69 Å². The second-order valence-corrected chi connectivity index (χ2v) is 5.85. The predicted molar refractivity (Wildman–Crippen MR) is 79.3 cm³/mol. The first kappa shape index (κ1) is 15.2. The molecule has 2 aromatic rings. The van der Waals surface area contributed by atoms with Crippen LogP contribution in [-0.2, 0) is 6.54 Å². The van der Waals surface area contributed by atoms with Crippen molar-refractivity contribution in [3.8, 4) is 0 Å².